The summed E-state index contributed by atoms with van der Waals surface area (Å²) in [6.07, 6.45) is 8.40. The molecule has 2 aliphatic carbocycles. The second-order valence-corrected chi connectivity index (χ2v) is 10.4. The summed E-state index contributed by atoms with van der Waals surface area (Å²) in [7, 11) is -3.55. The fraction of sp³-hybridized carbons (Fsp3) is 0.667. The summed E-state index contributed by atoms with van der Waals surface area (Å²) in [5.41, 5.74) is 2.52. The Balaban J connectivity index is 1.33. The molecule has 1 saturated heterocycles. The van der Waals surface area contributed by atoms with Crippen molar-refractivity contribution in [2.75, 3.05) is 39.3 Å². The molecule has 0 amide bonds. The quantitative estimate of drug-likeness (QED) is 0.777. The van der Waals surface area contributed by atoms with Gasteiger partial charge in [-0.2, -0.15) is 0 Å². The van der Waals surface area contributed by atoms with E-state index in [0.29, 0.717) is 23.9 Å². The molecule has 1 aromatic rings. The Bertz CT molecular complexity index is 870. The summed E-state index contributed by atoms with van der Waals surface area (Å²) in [6.45, 7) is 4.77. The Labute approximate surface area is 168 Å². The number of piperazine rings is 1. The zero-order valence-electron chi connectivity index (χ0n) is 16.5. The number of hydrogen-bond donors (Lipinski definition) is 0. The molecule has 0 N–H and O–H groups in total. The van der Waals surface area contributed by atoms with E-state index in [4.69, 9.17) is 0 Å². The third-order valence-electron chi connectivity index (χ3n) is 6.88. The van der Waals surface area contributed by atoms with Gasteiger partial charge in [0.05, 0.1) is 18.0 Å². The fourth-order valence-electron chi connectivity index (χ4n) is 4.94. The van der Waals surface area contributed by atoms with Crippen LogP contribution in [0.2, 0.25) is 0 Å². The van der Waals surface area contributed by atoms with E-state index in [1.54, 1.807) is 10.4 Å². The molecule has 7 heteroatoms. The normalized spacial score (nSPS) is 24.1. The number of rotatable bonds is 3. The molecule has 0 bridgehead atoms. The minimum atomic E-state index is -3.55. The van der Waals surface area contributed by atoms with Crippen LogP contribution >= 0.6 is 0 Å². The lowest BCUT2D eigenvalue weighted by atomic mass is 9.91. The molecule has 1 aromatic carbocycles. The predicted octanol–water partition coefficient (Wildman–Crippen LogP) is 2.10. The van der Waals surface area contributed by atoms with Gasteiger partial charge in [-0.3, -0.25) is 9.89 Å². The summed E-state index contributed by atoms with van der Waals surface area (Å²) in [5, 5.41) is 0. The molecule has 152 valence electrons. The van der Waals surface area contributed by atoms with Crippen LogP contribution in [0.3, 0.4) is 0 Å². The van der Waals surface area contributed by atoms with Crippen molar-refractivity contribution in [1.82, 2.24) is 14.1 Å². The van der Waals surface area contributed by atoms with Crippen molar-refractivity contribution >= 4 is 16.0 Å². The highest BCUT2D eigenvalue weighted by atomic mass is 32.2. The molecule has 0 spiro atoms. The van der Waals surface area contributed by atoms with Crippen LogP contribution in [-0.2, 0) is 22.9 Å². The fourth-order valence-corrected chi connectivity index (χ4v) is 6.44. The van der Waals surface area contributed by atoms with E-state index in [-0.39, 0.29) is 0 Å². The molecule has 1 saturated carbocycles. The Morgan fingerprint density at radius 2 is 1.64 bits per heavy atom. The number of aliphatic imine (C=N–C) groups is 1. The number of nitrogens with zero attached hydrogens (tertiary/aromatic N) is 4. The van der Waals surface area contributed by atoms with Gasteiger partial charge in [0.2, 0.25) is 5.96 Å². The average Bonchev–Trinajstić information content (AvgIpc) is 3.18. The third kappa shape index (κ3) is 3.22. The lowest BCUT2D eigenvalue weighted by Gasteiger charge is -2.44. The topological polar surface area (TPSA) is 56.2 Å². The molecule has 2 aliphatic heterocycles. The highest BCUT2D eigenvalue weighted by Gasteiger charge is 2.36. The van der Waals surface area contributed by atoms with Gasteiger partial charge in [-0.25, -0.2) is 12.7 Å². The van der Waals surface area contributed by atoms with Crippen LogP contribution in [0.1, 0.15) is 43.2 Å². The summed E-state index contributed by atoms with van der Waals surface area (Å²) >= 11 is 0. The van der Waals surface area contributed by atoms with Gasteiger partial charge in [0, 0.05) is 32.2 Å². The maximum absolute atomic E-state index is 13.4. The first-order valence-corrected chi connectivity index (χ1v) is 12.2. The maximum Gasteiger partial charge on any atom is 0.266 e. The van der Waals surface area contributed by atoms with Crippen LogP contribution in [0.4, 0.5) is 0 Å². The summed E-state index contributed by atoms with van der Waals surface area (Å²) < 4.78 is 28.4. The van der Waals surface area contributed by atoms with Crippen molar-refractivity contribution < 1.29 is 8.42 Å². The van der Waals surface area contributed by atoms with Crippen LogP contribution in [0.5, 0.6) is 0 Å². The van der Waals surface area contributed by atoms with E-state index in [0.717, 1.165) is 51.5 Å². The summed E-state index contributed by atoms with van der Waals surface area (Å²) in [5.74, 6) is 0.658. The molecule has 2 fully saturated rings. The molecule has 5 rings (SSSR count). The Morgan fingerprint density at radius 1 is 0.893 bits per heavy atom. The van der Waals surface area contributed by atoms with Crippen molar-refractivity contribution in [2.24, 2.45) is 4.99 Å². The van der Waals surface area contributed by atoms with Gasteiger partial charge in [-0.05, 0) is 61.8 Å². The molecular formula is C21H30N4O2S. The van der Waals surface area contributed by atoms with E-state index in [1.807, 2.05) is 12.1 Å². The minimum absolute atomic E-state index is 0.427. The zero-order valence-corrected chi connectivity index (χ0v) is 17.3. The zero-order chi connectivity index (χ0) is 19.1. The molecule has 0 radical (unpaired) electrons. The van der Waals surface area contributed by atoms with Crippen molar-refractivity contribution in [3.05, 3.63) is 29.3 Å². The predicted molar refractivity (Wildman–Crippen MR) is 110 cm³/mol. The minimum Gasteiger partial charge on any atom is -0.339 e. The van der Waals surface area contributed by atoms with Gasteiger partial charge in [-0.15, -0.1) is 0 Å². The lowest BCUT2D eigenvalue weighted by Crippen LogP contribution is -2.56. The first-order valence-electron chi connectivity index (χ1n) is 10.8. The van der Waals surface area contributed by atoms with Crippen LogP contribution in [0.25, 0.3) is 0 Å². The van der Waals surface area contributed by atoms with Gasteiger partial charge in [-0.1, -0.05) is 12.5 Å². The number of hydrogen-bond acceptors (Lipinski definition) is 5. The Morgan fingerprint density at radius 3 is 2.36 bits per heavy atom. The molecule has 0 aromatic heterocycles. The van der Waals surface area contributed by atoms with Crippen LogP contribution in [-0.4, -0.2) is 73.8 Å². The number of aryl methyl sites for hydroxylation is 2. The monoisotopic (exact) mass is 402 g/mol. The van der Waals surface area contributed by atoms with Gasteiger partial charge in [0.25, 0.3) is 10.0 Å². The molecule has 6 nitrogen and oxygen atoms in total. The van der Waals surface area contributed by atoms with E-state index < -0.39 is 10.0 Å². The molecule has 2 heterocycles. The highest BCUT2D eigenvalue weighted by molar-refractivity contribution is 7.89. The number of benzene rings is 1. The highest BCUT2D eigenvalue weighted by Crippen LogP contribution is 2.28. The number of sulfonamides is 1. The van der Waals surface area contributed by atoms with Crippen molar-refractivity contribution in [1.29, 1.82) is 0 Å². The van der Waals surface area contributed by atoms with E-state index in [2.05, 4.69) is 14.8 Å². The molecular weight excluding hydrogens is 372 g/mol. The average molecular weight is 403 g/mol. The van der Waals surface area contributed by atoms with Crippen LogP contribution in [0, 0.1) is 0 Å². The third-order valence-corrected chi connectivity index (χ3v) is 8.65. The van der Waals surface area contributed by atoms with Gasteiger partial charge in [0.15, 0.2) is 0 Å². The van der Waals surface area contributed by atoms with E-state index >= 15 is 0 Å². The van der Waals surface area contributed by atoms with E-state index in [9.17, 15) is 8.42 Å². The number of guanidine groups is 1. The maximum atomic E-state index is 13.4. The van der Waals surface area contributed by atoms with Crippen LogP contribution in [0.15, 0.2) is 28.1 Å². The van der Waals surface area contributed by atoms with Crippen LogP contribution < -0.4 is 0 Å². The second kappa shape index (κ2) is 7.34. The second-order valence-electron chi connectivity index (χ2n) is 8.50. The smallest absolute Gasteiger partial charge is 0.266 e. The summed E-state index contributed by atoms with van der Waals surface area (Å²) in [6, 6.07) is 6.48. The van der Waals surface area contributed by atoms with Gasteiger partial charge in [0.1, 0.15) is 0 Å². The molecule has 0 atom stereocenters. The first-order chi connectivity index (χ1) is 13.6. The van der Waals surface area contributed by atoms with Crippen molar-refractivity contribution in [2.45, 2.75) is 55.9 Å². The Kier molecular flexibility index (Phi) is 4.83. The molecule has 4 aliphatic rings. The lowest BCUT2D eigenvalue weighted by molar-refractivity contribution is 0.0833. The molecule has 0 unspecified atom stereocenters. The Hall–Kier alpha value is -1.60. The van der Waals surface area contributed by atoms with Crippen molar-refractivity contribution in [3.63, 3.8) is 0 Å². The largest absolute Gasteiger partial charge is 0.339 e. The summed E-state index contributed by atoms with van der Waals surface area (Å²) in [4.78, 5) is 9.77. The molecule has 28 heavy (non-hydrogen) atoms. The van der Waals surface area contributed by atoms with Gasteiger partial charge < -0.3 is 4.90 Å². The van der Waals surface area contributed by atoms with Crippen molar-refractivity contribution in [3.8, 4) is 0 Å². The number of fused-ring (bicyclic) bond motifs is 1. The standard InChI is InChI=1S/C21H30N4O2S/c26-28(27,20-9-8-17-4-1-2-5-18(17)16-20)25-11-10-22-21(25)24-14-12-23(13-15-24)19-6-3-7-19/h8-9,16,19H,1-7,10-15H2. The SMILES string of the molecule is O=S(=O)(c1ccc2c(c1)CCCC2)N1CCN=C1N1CCN(C2CCC2)CC1. The first kappa shape index (κ1) is 18.4. The van der Waals surface area contributed by atoms with E-state index in [1.165, 1.54) is 36.8 Å². The van der Waals surface area contributed by atoms with Gasteiger partial charge >= 0.3 is 0 Å².